The number of rotatable bonds is 0. The molecular formula is CH3N2OZn. The van der Waals surface area contributed by atoms with Gasteiger partial charge in [-0.05, 0) is 0 Å². The maximum absolute atomic E-state index is 9.63. The van der Waals surface area contributed by atoms with Gasteiger partial charge in [-0.25, -0.2) is 0 Å². The van der Waals surface area contributed by atoms with Gasteiger partial charge in [-0.15, -0.1) is 0 Å². The van der Waals surface area contributed by atoms with Crippen LogP contribution in [0.2, 0.25) is 0 Å². The number of nitrogens with one attached hydrogen (secondary N) is 1. The normalized spacial score (nSPS) is 7.00. The topological polar surface area (TPSA) is 55.1 Å². The monoisotopic (exact) mass is 123 g/mol. The molecule has 3 nitrogen and oxygen atoms in total. The molecule has 0 fully saturated rings. The molecule has 5 heavy (non-hydrogen) atoms. The Morgan fingerprint density at radius 1 is 2.00 bits per heavy atom. The van der Waals surface area contributed by atoms with Gasteiger partial charge in [0.1, 0.15) is 0 Å². The number of hydrogen-bond donors (Lipinski definition) is 2. The molecule has 0 saturated heterocycles. The van der Waals surface area contributed by atoms with E-state index in [0.29, 0.717) is 18.3 Å². The molecule has 0 atom stereocenters. The number of nitrogens with two attached hydrogens (primary N) is 1. The summed E-state index contributed by atoms with van der Waals surface area (Å²) in [4.78, 5) is 9.63. The Kier molecular flexibility index (Phi) is 2.32. The summed E-state index contributed by atoms with van der Waals surface area (Å²) < 4.78 is -0.0926. The molecule has 0 bridgehead atoms. The number of hydrogen-bond acceptors (Lipinski definition) is 2. The zero-order chi connectivity index (χ0) is 4.28. The van der Waals surface area contributed by atoms with Crippen LogP contribution in [0, 0.1) is 0 Å². The molecule has 0 aliphatic carbocycles. The minimum absolute atomic E-state index is 0.0926. The quantitative estimate of drug-likeness (QED) is 0.191. The first-order chi connectivity index (χ1) is 2.27. The first-order valence-electron chi connectivity index (χ1n) is 1.10. The summed E-state index contributed by atoms with van der Waals surface area (Å²) in [6, 6.07) is 0. The SMILES string of the molecule is NN[C](=O)[Zn]. The van der Waals surface area contributed by atoms with Crippen LogP contribution in [-0.2, 0) is 18.3 Å². The summed E-state index contributed by atoms with van der Waals surface area (Å²) in [6.07, 6.45) is 0. The van der Waals surface area contributed by atoms with Gasteiger partial charge in [-0.1, -0.05) is 0 Å². The molecule has 0 aliphatic heterocycles. The van der Waals surface area contributed by atoms with Crippen LogP contribution in [0.1, 0.15) is 0 Å². The van der Waals surface area contributed by atoms with Crippen molar-refractivity contribution in [2.75, 3.05) is 0 Å². The van der Waals surface area contributed by atoms with Crippen molar-refractivity contribution in [1.82, 2.24) is 5.43 Å². The van der Waals surface area contributed by atoms with Crippen LogP contribution >= 0.6 is 0 Å². The zero-order valence-corrected chi connectivity index (χ0v) is 5.66. The Morgan fingerprint density at radius 3 is 2.20 bits per heavy atom. The molecule has 0 aromatic carbocycles. The van der Waals surface area contributed by atoms with Crippen molar-refractivity contribution in [3.8, 4) is 0 Å². The van der Waals surface area contributed by atoms with E-state index in [0.717, 1.165) is 0 Å². The Bertz CT molecular complexity index is 44.9. The van der Waals surface area contributed by atoms with Crippen LogP contribution in [0.15, 0.2) is 0 Å². The third-order valence-corrected chi connectivity index (χ3v) is 0.589. The van der Waals surface area contributed by atoms with E-state index in [1.165, 1.54) is 0 Å². The summed E-state index contributed by atoms with van der Waals surface area (Å²) in [6.45, 7) is 0. The molecule has 0 saturated carbocycles. The minimum atomic E-state index is -0.0926. The predicted molar refractivity (Wildman–Crippen MR) is 12.7 cm³/mol. The number of hydrazine groups is 1. The van der Waals surface area contributed by atoms with E-state index in [4.69, 9.17) is 0 Å². The van der Waals surface area contributed by atoms with E-state index >= 15 is 0 Å². The van der Waals surface area contributed by atoms with Crippen molar-refractivity contribution in [2.24, 2.45) is 5.84 Å². The van der Waals surface area contributed by atoms with E-state index < -0.39 is 0 Å². The Morgan fingerprint density at radius 2 is 2.20 bits per heavy atom. The maximum atomic E-state index is 9.63. The summed E-state index contributed by atoms with van der Waals surface area (Å²) in [7, 11) is 0. The van der Waals surface area contributed by atoms with Crippen LogP contribution in [0.3, 0.4) is 0 Å². The predicted octanol–water partition coefficient (Wildman–Crippen LogP) is -0.883. The molecular weight excluding hydrogens is 121 g/mol. The van der Waals surface area contributed by atoms with Gasteiger partial charge in [0.25, 0.3) is 0 Å². The number of carbonyl (C=O) groups is 1. The van der Waals surface area contributed by atoms with Gasteiger partial charge in [0, 0.05) is 0 Å². The Labute approximate surface area is 39.6 Å². The summed E-state index contributed by atoms with van der Waals surface area (Å²) in [5.41, 5.74) is 1.94. The van der Waals surface area contributed by atoms with Gasteiger partial charge in [0.15, 0.2) is 0 Å². The first-order valence-corrected chi connectivity index (χ1v) is 2.58. The zero-order valence-electron chi connectivity index (χ0n) is 2.69. The summed E-state index contributed by atoms with van der Waals surface area (Å²) in [5, 5.41) is 0. The van der Waals surface area contributed by atoms with Crippen molar-refractivity contribution < 1.29 is 23.1 Å². The van der Waals surface area contributed by atoms with Crippen LogP contribution in [0.25, 0.3) is 0 Å². The van der Waals surface area contributed by atoms with Gasteiger partial charge in [0.05, 0.1) is 0 Å². The van der Waals surface area contributed by atoms with Crippen molar-refractivity contribution in [1.29, 1.82) is 0 Å². The molecule has 0 heterocycles. The molecule has 0 aliphatic rings. The second kappa shape index (κ2) is 2.30. The fourth-order valence-electron chi connectivity index (χ4n) is 0. The van der Waals surface area contributed by atoms with E-state index in [-0.39, 0.29) is 4.50 Å². The Balaban J connectivity index is 2.85. The summed E-state index contributed by atoms with van der Waals surface area (Å²) >= 11 is 0.580. The molecule has 0 rings (SSSR count). The van der Waals surface area contributed by atoms with E-state index in [9.17, 15) is 4.79 Å². The van der Waals surface area contributed by atoms with Crippen molar-refractivity contribution in [3.63, 3.8) is 0 Å². The molecule has 0 aromatic rings. The van der Waals surface area contributed by atoms with Crippen molar-refractivity contribution in [3.05, 3.63) is 0 Å². The fourth-order valence-corrected chi connectivity index (χ4v) is 0. The van der Waals surface area contributed by atoms with Gasteiger partial charge in [-0.3, -0.25) is 0 Å². The van der Waals surface area contributed by atoms with E-state index in [1.807, 2.05) is 5.43 Å². The average molecular weight is 124 g/mol. The number of carbonyl (C=O) groups excluding carboxylic acids is 1. The standard InChI is InChI=1S/CH3N2O.Zn/c2-3-1-4;/h2H2,(H,3,4);. The molecule has 0 spiro atoms. The number of amides is 1. The second-order valence-corrected chi connectivity index (χ2v) is 1.91. The van der Waals surface area contributed by atoms with Gasteiger partial charge >= 0.3 is 38.9 Å². The third kappa shape index (κ3) is 4.05. The molecule has 25 valence electrons. The Hall–Kier alpha value is 0.0534. The average Bonchev–Trinajstić information content (AvgIpc) is 1.38. The van der Waals surface area contributed by atoms with Gasteiger partial charge in [-0.2, -0.15) is 0 Å². The fraction of sp³-hybridized carbons (Fsp3) is 0. The second-order valence-electron chi connectivity index (χ2n) is 0.568. The van der Waals surface area contributed by atoms with Crippen LogP contribution in [0.4, 0.5) is 4.79 Å². The van der Waals surface area contributed by atoms with Crippen molar-refractivity contribution in [2.45, 2.75) is 0 Å². The van der Waals surface area contributed by atoms with E-state index in [1.54, 1.807) is 0 Å². The van der Waals surface area contributed by atoms with Crippen LogP contribution in [0.5, 0.6) is 0 Å². The molecule has 0 aromatic heterocycles. The summed E-state index contributed by atoms with van der Waals surface area (Å²) in [5.74, 6) is 4.60. The molecule has 1 amide bonds. The molecule has 0 radical (unpaired) electrons. The first kappa shape index (κ1) is 5.05. The van der Waals surface area contributed by atoms with Crippen molar-refractivity contribution >= 4 is 4.50 Å². The molecule has 3 N–H and O–H groups in total. The van der Waals surface area contributed by atoms with Crippen LogP contribution < -0.4 is 11.3 Å². The third-order valence-electron chi connectivity index (χ3n) is 0.161. The molecule has 4 heteroatoms. The van der Waals surface area contributed by atoms with E-state index in [2.05, 4.69) is 5.84 Å². The van der Waals surface area contributed by atoms with Gasteiger partial charge in [0.2, 0.25) is 0 Å². The molecule has 0 unspecified atom stereocenters. The van der Waals surface area contributed by atoms with Gasteiger partial charge < -0.3 is 0 Å². The van der Waals surface area contributed by atoms with Crippen LogP contribution in [-0.4, -0.2) is 4.50 Å².